The minimum absolute atomic E-state index is 0.108. The Kier molecular flexibility index (Phi) is 10.0. The molecule has 1 saturated heterocycles. The molecule has 0 bridgehead atoms. The molecule has 13 heteroatoms. The number of aromatic nitrogens is 1. The first-order chi connectivity index (χ1) is 16.9. The number of carboxylic acids is 1. The molecule has 1 aromatic carbocycles. The number of benzene rings is 1. The minimum atomic E-state index is -5.08. The van der Waals surface area contributed by atoms with Crippen LogP contribution in [0.3, 0.4) is 0 Å². The van der Waals surface area contributed by atoms with Gasteiger partial charge in [0.05, 0.1) is 0 Å². The number of nitrogens with zero attached hydrogens (tertiary/aromatic N) is 3. The summed E-state index contributed by atoms with van der Waals surface area (Å²) in [6, 6.07) is 10.5. The number of carbonyl (C=O) groups excluding carboxylic acids is 2. The quantitative estimate of drug-likeness (QED) is 0.366. The van der Waals surface area contributed by atoms with Crippen LogP contribution in [-0.2, 0) is 22.7 Å². The maximum absolute atomic E-state index is 12.8. The SMILES string of the molecule is CC(C)C(C(=O)NO)N1CCN(Cc2ccc(OCc3ccncc3)cc2)C1=O.O=C(O)C(F)(F)F. The fourth-order valence-electron chi connectivity index (χ4n) is 3.43. The Bertz CT molecular complexity index is 1020. The van der Waals surface area contributed by atoms with Crippen molar-refractivity contribution in [3.05, 3.63) is 59.9 Å². The third-order valence-corrected chi connectivity index (χ3v) is 5.17. The predicted octanol–water partition coefficient (Wildman–Crippen LogP) is 3.06. The van der Waals surface area contributed by atoms with Crippen molar-refractivity contribution in [2.45, 2.75) is 39.2 Å². The zero-order valence-electron chi connectivity index (χ0n) is 19.6. The largest absolute Gasteiger partial charge is 0.490 e. The van der Waals surface area contributed by atoms with Crippen LogP contribution < -0.4 is 10.2 Å². The molecule has 3 amide bonds. The summed E-state index contributed by atoms with van der Waals surface area (Å²) in [7, 11) is 0. The van der Waals surface area contributed by atoms with E-state index in [1.54, 1.807) is 22.8 Å². The molecule has 1 atom stereocenters. The molecule has 3 rings (SSSR count). The highest BCUT2D eigenvalue weighted by Crippen LogP contribution is 2.21. The lowest BCUT2D eigenvalue weighted by Crippen LogP contribution is -2.50. The van der Waals surface area contributed by atoms with E-state index in [-0.39, 0.29) is 11.9 Å². The number of alkyl halides is 3. The lowest BCUT2D eigenvalue weighted by Gasteiger charge is -2.29. The molecule has 0 radical (unpaired) electrons. The van der Waals surface area contributed by atoms with Crippen molar-refractivity contribution >= 4 is 17.9 Å². The van der Waals surface area contributed by atoms with Gasteiger partial charge < -0.3 is 19.6 Å². The maximum atomic E-state index is 12.8. The molecule has 0 spiro atoms. The number of carboxylic acid groups (broad SMARTS) is 1. The highest BCUT2D eigenvalue weighted by Gasteiger charge is 2.39. The molecule has 2 aromatic rings. The Balaban J connectivity index is 0.000000572. The third-order valence-electron chi connectivity index (χ3n) is 5.17. The van der Waals surface area contributed by atoms with E-state index in [0.29, 0.717) is 26.2 Å². The standard InChI is InChI=1S/C21H26N4O4.C2HF3O2/c1-15(2)19(20(26)23-28)25-12-11-24(21(25)27)13-16-3-5-18(6-4-16)29-14-17-7-9-22-10-8-17;3-2(4,5)1(6)7/h3-10,15,19,28H,11-14H2,1-2H3,(H,23,26);(H,6,7). The number of hydrogen-bond donors (Lipinski definition) is 3. The second-order valence-electron chi connectivity index (χ2n) is 8.15. The van der Waals surface area contributed by atoms with E-state index in [1.165, 1.54) is 4.90 Å². The molecular formula is C23H27F3N4O6. The van der Waals surface area contributed by atoms with Crippen LogP contribution >= 0.6 is 0 Å². The Morgan fingerprint density at radius 1 is 1.08 bits per heavy atom. The van der Waals surface area contributed by atoms with Gasteiger partial charge in [0.1, 0.15) is 18.4 Å². The van der Waals surface area contributed by atoms with Crippen molar-refractivity contribution in [1.82, 2.24) is 20.3 Å². The summed E-state index contributed by atoms with van der Waals surface area (Å²) < 4.78 is 37.5. The smallest absolute Gasteiger partial charge is 0.489 e. The molecule has 1 unspecified atom stereocenters. The number of hydroxylamine groups is 1. The topological polar surface area (TPSA) is 132 Å². The normalized spacial score (nSPS) is 14.2. The van der Waals surface area contributed by atoms with Gasteiger partial charge in [0.2, 0.25) is 0 Å². The molecule has 0 saturated carbocycles. The molecule has 36 heavy (non-hydrogen) atoms. The minimum Gasteiger partial charge on any atom is -0.489 e. The maximum Gasteiger partial charge on any atom is 0.490 e. The van der Waals surface area contributed by atoms with Crippen LogP contribution in [0.5, 0.6) is 5.75 Å². The van der Waals surface area contributed by atoms with Gasteiger partial charge in [-0.15, -0.1) is 0 Å². The lowest BCUT2D eigenvalue weighted by molar-refractivity contribution is -0.192. The fraction of sp³-hybridized carbons (Fsp3) is 0.391. The monoisotopic (exact) mass is 512 g/mol. The van der Waals surface area contributed by atoms with Crippen molar-refractivity contribution in [1.29, 1.82) is 0 Å². The summed E-state index contributed by atoms with van der Waals surface area (Å²) in [5.41, 5.74) is 3.69. The van der Waals surface area contributed by atoms with Crippen LogP contribution in [0.15, 0.2) is 48.8 Å². The van der Waals surface area contributed by atoms with E-state index >= 15 is 0 Å². The average molecular weight is 512 g/mol. The zero-order valence-corrected chi connectivity index (χ0v) is 19.6. The number of urea groups is 1. The van der Waals surface area contributed by atoms with Crippen molar-refractivity contribution in [2.75, 3.05) is 13.1 Å². The molecule has 0 aliphatic carbocycles. The molecule has 3 N–H and O–H groups in total. The van der Waals surface area contributed by atoms with Crippen LogP contribution in [0.25, 0.3) is 0 Å². The van der Waals surface area contributed by atoms with Gasteiger partial charge >= 0.3 is 18.2 Å². The van der Waals surface area contributed by atoms with Crippen LogP contribution in [0.2, 0.25) is 0 Å². The van der Waals surface area contributed by atoms with Gasteiger partial charge in [0.15, 0.2) is 0 Å². The second-order valence-corrected chi connectivity index (χ2v) is 8.15. The van der Waals surface area contributed by atoms with E-state index in [9.17, 15) is 22.8 Å². The summed E-state index contributed by atoms with van der Waals surface area (Å²) >= 11 is 0. The van der Waals surface area contributed by atoms with Gasteiger partial charge in [-0.2, -0.15) is 13.2 Å². The summed E-state index contributed by atoms with van der Waals surface area (Å²) in [5, 5.41) is 16.1. The number of nitrogens with one attached hydrogen (secondary N) is 1. The van der Waals surface area contributed by atoms with Gasteiger partial charge in [-0.1, -0.05) is 26.0 Å². The number of amides is 3. The van der Waals surface area contributed by atoms with Crippen molar-refractivity contribution in [3.63, 3.8) is 0 Å². The Morgan fingerprint density at radius 3 is 2.17 bits per heavy atom. The number of pyridine rings is 1. The van der Waals surface area contributed by atoms with Gasteiger partial charge in [-0.05, 0) is 41.3 Å². The molecule has 10 nitrogen and oxygen atoms in total. The molecule has 2 heterocycles. The van der Waals surface area contributed by atoms with E-state index in [4.69, 9.17) is 19.8 Å². The summed E-state index contributed by atoms with van der Waals surface area (Å²) in [4.78, 5) is 40.8. The number of hydrogen-bond acceptors (Lipinski definition) is 6. The van der Waals surface area contributed by atoms with Gasteiger partial charge in [0.25, 0.3) is 5.91 Å². The highest BCUT2D eigenvalue weighted by atomic mass is 19.4. The first-order valence-corrected chi connectivity index (χ1v) is 10.8. The first-order valence-electron chi connectivity index (χ1n) is 10.8. The summed E-state index contributed by atoms with van der Waals surface area (Å²) in [6.07, 6.45) is -1.63. The van der Waals surface area contributed by atoms with Crippen LogP contribution in [0, 0.1) is 5.92 Å². The summed E-state index contributed by atoms with van der Waals surface area (Å²) in [6.45, 7) is 5.58. The molecule has 1 fully saturated rings. The number of carbonyl (C=O) groups is 3. The van der Waals surface area contributed by atoms with E-state index in [0.717, 1.165) is 16.9 Å². The third kappa shape index (κ3) is 8.12. The Morgan fingerprint density at radius 2 is 1.67 bits per heavy atom. The highest BCUT2D eigenvalue weighted by molar-refractivity contribution is 5.87. The van der Waals surface area contributed by atoms with E-state index < -0.39 is 24.1 Å². The lowest BCUT2D eigenvalue weighted by atomic mass is 10.0. The van der Waals surface area contributed by atoms with E-state index in [2.05, 4.69) is 4.98 Å². The van der Waals surface area contributed by atoms with Crippen molar-refractivity contribution in [2.24, 2.45) is 5.92 Å². The average Bonchev–Trinajstić information content (AvgIpc) is 3.18. The Labute approximate surface area is 205 Å². The molecular weight excluding hydrogens is 485 g/mol. The van der Waals surface area contributed by atoms with Gasteiger partial charge in [0, 0.05) is 32.0 Å². The van der Waals surface area contributed by atoms with Crippen molar-refractivity contribution in [3.8, 4) is 5.75 Å². The molecule has 1 aliphatic rings. The second kappa shape index (κ2) is 12.7. The number of halogens is 3. The predicted molar refractivity (Wildman–Crippen MR) is 120 cm³/mol. The number of aliphatic carboxylic acids is 1. The molecule has 1 aromatic heterocycles. The molecule has 1 aliphatic heterocycles. The van der Waals surface area contributed by atoms with Gasteiger partial charge in [-0.3, -0.25) is 15.0 Å². The van der Waals surface area contributed by atoms with Crippen molar-refractivity contribution < 1.29 is 42.6 Å². The fourth-order valence-corrected chi connectivity index (χ4v) is 3.43. The zero-order chi connectivity index (χ0) is 26.9. The summed E-state index contributed by atoms with van der Waals surface area (Å²) in [5.74, 6) is -2.68. The number of rotatable bonds is 8. The van der Waals surface area contributed by atoms with Crippen LogP contribution in [0.4, 0.5) is 18.0 Å². The van der Waals surface area contributed by atoms with Gasteiger partial charge in [-0.25, -0.2) is 15.1 Å². The van der Waals surface area contributed by atoms with Crippen LogP contribution in [-0.4, -0.2) is 68.3 Å². The van der Waals surface area contributed by atoms with Crippen LogP contribution in [0.1, 0.15) is 25.0 Å². The van der Waals surface area contributed by atoms with E-state index in [1.807, 2.05) is 50.2 Å². The number of ether oxygens (including phenoxy) is 1. The Hall–Kier alpha value is -3.87. The molecule has 196 valence electrons. The first kappa shape index (κ1) is 28.4.